The molecule has 1 aromatic carbocycles. The lowest BCUT2D eigenvalue weighted by Gasteiger charge is -2.37. The number of amides is 1. The van der Waals surface area contributed by atoms with E-state index in [-0.39, 0.29) is 24.0 Å². The monoisotopic (exact) mass is 347 g/mol. The van der Waals surface area contributed by atoms with Crippen molar-refractivity contribution >= 4 is 12.1 Å². The maximum atomic E-state index is 12.2. The highest BCUT2D eigenvalue weighted by molar-refractivity contribution is 5.73. The zero-order valence-corrected chi connectivity index (χ0v) is 15.6. The second-order valence-corrected chi connectivity index (χ2v) is 8.06. The Kier molecular flexibility index (Phi) is 6.09. The van der Waals surface area contributed by atoms with Crippen LogP contribution in [0, 0.1) is 5.92 Å². The number of carbonyl (C=O) groups is 2. The highest BCUT2D eigenvalue weighted by Gasteiger charge is 2.37. The van der Waals surface area contributed by atoms with E-state index in [0.717, 1.165) is 18.4 Å². The van der Waals surface area contributed by atoms with Crippen LogP contribution >= 0.6 is 0 Å². The average molecular weight is 347 g/mol. The fourth-order valence-corrected chi connectivity index (χ4v) is 3.01. The van der Waals surface area contributed by atoms with Crippen LogP contribution < -0.4 is 5.32 Å². The maximum absolute atomic E-state index is 12.2. The highest BCUT2D eigenvalue weighted by Crippen LogP contribution is 2.33. The summed E-state index contributed by atoms with van der Waals surface area (Å²) in [5, 5.41) is 2.96. The molecule has 0 bridgehead atoms. The summed E-state index contributed by atoms with van der Waals surface area (Å²) < 4.78 is 10.8. The van der Waals surface area contributed by atoms with Gasteiger partial charge in [-0.05, 0) is 58.9 Å². The van der Waals surface area contributed by atoms with Gasteiger partial charge in [0.25, 0.3) is 0 Å². The molecular formula is C20H29NO4. The summed E-state index contributed by atoms with van der Waals surface area (Å²) in [6.07, 6.45) is 2.48. The molecule has 0 aromatic heterocycles. The van der Waals surface area contributed by atoms with Crippen LogP contribution in [0.3, 0.4) is 0 Å². The van der Waals surface area contributed by atoms with Gasteiger partial charge in [0.15, 0.2) is 0 Å². The Morgan fingerprint density at radius 1 is 1.16 bits per heavy atom. The molecule has 1 N–H and O–H groups in total. The van der Waals surface area contributed by atoms with Crippen molar-refractivity contribution in [2.24, 2.45) is 5.92 Å². The number of rotatable bonds is 4. The van der Waals surface area contributed by atoms with Gasteiger partial charge in [-0.15, -0.1) is 0 Å². The molecule has 0 heterocycles. The summed E-state index contributed by atoms with van der Waals surface area (Å²) in [4.78, 5) is 24.2. The van der Waals surface area contributed by atoms with Crippen molar-refractivity contribution in [3.63, 3.8) is 0 Å². The predicted octanol–water partition coefficient (Wildman–Crippen LogP) is 4.20. The molecule has 1 aliphatic carbocycles. The van der Waals surface area contributed by atoms with Gasteiger partial charge in [0.05, 0.1) is 5.92 Å². The molecule has 2 rings (SSSR count). The van der Waals surface area contributed by atoms with Gasteiger partial charge in [-0.3, -0.25) is 4.79 Å². The molecule has 0 spiro atoms. The van der Waals surface area contributed by atoms with E-state index < -0.39 is 11.7 Å². The molecule has 25 heavy (non-hydrogen) atoms. The Morgan fingerprint density at radius 2 is 1.76 bits per heavy atom. The molecular weight excluding hydrogens is 318 g/mol. The van der Waals surface area contributed by atoms with E-state index in [9.17, 15) is 9.59 Å². The Labute approximate surface area is 150 Å². The third kappa shape index (κ3) is 6.40. The Balaban J connectivity index is 1.77. The molecule has 0 saturated heterocycles. The number of hydrogen-bond donors (Lipinski definition) is 1. The minimum Gasteiger partial charge on any atom is -0.460 e. The largest absolute Gasteiger partial charge is 0.460 e. The summed E-state index contributed by atoms with van der Waals surface area (Å²) in [6.45, 7) is 7.89. The minimum atomic E-state index is -0.461. The summed E-state index contributed by atoms with van der Waals surface area (Å²) in [6, 6.07) is 9.58. The lowest BCUT2D eigenvalue weighted by Crippen LogP contribution is -2.49. The molecule has 5 nitrogen and oxygen atoms in total. The van der Waals surface area contributed by atoms with Crippen LogP contribution in [-0.2, 0) is 20.9 Å². The molecule has 0 unspecified atom stereocenters. The van der Waals surface area contributed by atoms with Gasteiger partial charge in [-0.1, -0.05) is 30.3 Å². The van der Waals surface area contributed by atoms with Crippen LogP contribution in [-0.4, -0.2) is 23.2 Å². The van der Waals surface area contributed by atoms with Crippen LogP contribution in [0.5, 0.6) is 0 Å². The Morgan fingerprint density at radius 3 is 2.32 bits per heavy atom. The minimum absolute atomic E-state index is 0.0885. The summed E-state index contributed by atoms with van der Waals surface area (Å²) >= 11 is 0. The van der Waals surface area contributed by atoms with Crippen LogP contribution in [0.25, 0.3) is 0 Å². The Bertz CT molecular complexity index is 583. The lowest BCUT2D eigenvalue weighted by atomic mass is 9.77. The summed E-state index contributed by atoms with van der Waals surface area (Å²) in [5.41, 5.74) is 0.153. The van der Waals surface area contributed by atoms with Gasteiger partial charge in [-0.25, -0.2) is 4.79 Å². The number of benzene rings is 1. The second-order valence-electron chi connectivity index (χ2n) is 8.06. The smallest absolute Gasteiger partial charge is 0.407 e. The first-order valence-electron chi connectivity index (χ1n) is 8.89. The fourth-order valence-electron chi connectivity index (χ4n) is 3.01. The first-order chi connectivity index (χ1) is 11.7. The van der Waals surface area contributed by atoms with Crippen molar-refractivity contribution < 1.29 is 19.1 Å². The molecule has 0 atom stereocenters. The zero-order chi connectivity index (χ0) is 18.5. The van der Waals surface area contributed by atoms with E-state index in [1.54, 1.807) is 0 Å². The van der Waals surface area contributed by atoms with Gasteiger partial charge in [0, 0.05) is 5.54 Å². The average Bonchev–Trinajstić information content (AvgIpc) is 2.52. The van der Waals surface area contributed by atoms with Crippen molar-refractivity contribution in [3.8, 4) is 0 Å². The van der Waals surface area contributed by atoms with Crippen molar-refractivity contribution in [3.05, 3.63) is 35.9 Å². The van der Waals surface area contributed by atoms with Crippen molar-refractivity contribution in [1.29, 1.82) is 0 Å². The lowest BCUT2D eigenvalue weighted by molar-refractivity contribution is -0.161. The molecule has 1 fully saturated rings. The zero-order valence-electron chi connectivity index (χ0n) is 15.6. The van der Waals surface area contributed by atoms with E-state index in [2.05, 4.69) is 5.32 Å². The summed E-state index contributed by atoms with van der Waals surface area (Å²) in [7, 11) is 0. The maximum Gasteiger partial charge on any atom is 0.407 e. The predicted molar refractivity (Wildman–Crippen MR) is 96.0 cm³/mol. The van der Waals surface area contributed by atoms with E-state index >= 15 is 0 Å². The number of nitrogens with one attached hydrogen (secondary N) is 1. The number of hydrogen-bond acceptors (Lipinski definition) is 4. The molecule has 1 aliphatic rings. The van der Waals surface area contributed by atoms with Gasteiger partial charge < -0.3 is 14.8 Å². The quantitative estimate of drug-likeness (QED) is 0.829. The van der Waals surface area contributed by atoms with E-state index in [1.165, 1.54) is 0 Å². The van der Waals surface area contributed by atoms with Gasteiger partial charge in [0.1, 0.15) is 12.2 Å². The topological polar surface area (TPSA) is 64.6 Å². The first kappa shape index (κ1) is 19.3. The van der Waals surface area contributed by atoms with Crippen LogP contribution in [0.2, 0.25) is 0 Å². The molecule has 1 aromatic rings. The third-order valence-corrected chi connectivity index (χ3v) is 4.45. The molecule has 1 saturated carbocycles. The van der Waals surface area contributed by atoms with Crippen LogP contribution in [0.15, 0.2) is 30.3 Å². The number of alkyl carbamates (subject to hydrolysis) is 1. The SMILES string of the molecule is CC1(NC(=O)OCc2ccccc2)CCC(C(=O)OC(C)(C)C)CC1. The molecule has 1 amide bonds. The van der Waals surface area contributed by atoms with Crippen molar-refractivity contribution in [2.45, 2.75) is 71.1 Å². The highest BCUT2D eigenvalue weighted by atomic mass is 16.6. The second kappa shape index (κ2) is 7.89. The van der Waals surface area contributed by atoms with Gasteiger partial charge in [-0.2, -0.15) is 0 Å². The molecule has 0 radical (unpaired) electrons. The fraction of sp³-hybridized carbons (Fsp3) is 0.600. The normalized spacial score (nSPS) is 23.6. The molecule has 5 heteroatoms. The summed E-state index contributed by atoms with van der Waals surface area (Å²) in [5.74, 6) is -0.226. The van der Waals surface area contributed by atoms with E-state index in [1.807, 2.05) is 58.0 Å². The van der Waals surface area contributed by atoms with E-state index in [4.69, 9.17) is 9.47 Å². The number of carbonyl (C=O) groups excluding carboxylic acids is 2. The number of ether oxygens (including phenoxy) is 2. The van der Waals surface area contributed by atoms with Crippen molar-refractivity contribution in [1.82, 2.24) is 5.32 Å². The third-order valence-electron chi connectivity index (χ3n) is 4.45. The van der Waals surface area contributed by atoms with Crippen molar-refractivity contribution in [2.75, 3.05) is 0 Å². The number of esters is 1. The van der Waals surface area contributed by atoms with E-state index in [0.29, 0.717) is 12.8 Å². The van der Waals surface area contributed by atoms with Gasteiger partial charge in [0.2, 0.25) is 0 Å². The first-order valence-corrected chi connectivity index (χ1v) is 8.89. The van der Waals surface area contributed by atoms with Crippen LogP contribution in [0.1, 0.15) is 58.9 Å². The van der Waals surface area contributed by atoms with Gasteiger partial charge >= 0.3 is 12.1 Å². The van der Waals surface area contributed by atoms with Crippen LogP contribution in [0.4, 0.5) is 4.79 Å². The molecule has 138 valence electrons. The Hall–Kier alpha value is -2.04. The standard InChI is InChI=1S/C20H29NO4/c1-19(2,3)25-17(22)16-10-12-20(4,13-11-16)21-18(23)24-14-15-8-6-5-7-9-15/h5-9,16H,10-14H2,1-4H3,(H,21,23). The molecule has 0 aliphatic heterocycles.